The Labute approximate surface area is 159 Å². The van der Waals surface area contributed by atoms with Gasteiger partial charge in [-0.2, -0.15) is 0 Å². The summed E-state index contributed by atoms with van der Waals surface area (Å²) >= 11 is 0. The Hall–Kier alpha value is -2.50. The molecule has 0 unspecified atom stereocenters. The SMILES string of the molecule is Cc1ccc2[nH]c(=O)c(CN3CCC[C@@H](OCc4cccnc4)C3)cc2c1. The van der Waals surface area contributed by atoms with E-state index in [-0.39, 0.29) is 11.7 Å². The summed E-state index contributed by atoms with van der Waals surface area (Å²) in [7, 11) is 0. The van der Waals surface area contributed by atoms with Gasteiger partial charge in [-0.15, -0.1) is 0 Å². The van der Waals surface area contributed by atoms with E-state index < -0.39 is 0 Å². The number of aromatic nitrogens is 2. The number of benzene rings is 1. The van der Waals surface area contributed by atoms with Gasteiger partial charge in [-0.25, -0.2) is 0 Å². The van der Waals surface area contributed by atoms with Gasteiger partial charge in [-0.1, -0.05) is 17.7 Å². The minimum Gasteiger partial charge on any atom is -0.372 e. The summed E-state index contributed by atoms with van der Waals surface area (Å²) < 4.78 is 6.09. The van der Waals surface area contributed by atoms with Gasteiger partial charge in [0.05, 0.1) is 12.7 Å². The Morgan fingerprint density at radius 3 is 3.07 bits per heavy atom. The van der Waals surface area contributed by atoms with Crippen molar-refractivity contribution in [2.45, 2.75) is 39.0 Å². The molecule has 27 heavy (non-hydrogen) atoms. The number of nitrogens with one attached hydrogen (secondary N) is 1. The van der Waals surface area contributed by atoms with Crippen molar-refractivity contribution < 1.29 is 4.74 Å². The van der Waals surface area contributed by atoms with Crippen LogP contribution in [0.5, 0.6) is 0 Å². The monoisotopic (exact) mass is 363 g/mol. The molecule has 0 aliphatic carbocycles. The quantitative estimate of drug-likeness (QED) is 0.755. The molecule has 5 heteroatoms. The van der Waals surface area contributed by atoms with Crippen LogP contribution in [0, 0.1) is 6.92 Å². The van der Waals surface area contributed by atoms with E-state index in [1.807, 2.05) is 36.5 Å². The average molecular weight is 363 g/mol. The van der Waals surface area contributed by atoms with E-state index in [4.69, 9.17) is 4.74 Å². The van der Waals surface area contributed by atoms with Crippen molar-refractivity contribution >= 4 is 10.9 Å². The molecule has 0 spiro atoms. The molecule has 5 nitrogen and oxygen atoms in total. The zero-order valence-electron chi connectivity index (χ0n) is 15.6. The Balaban J connectivity index is 1.42. The molecule has 0 saturated carbocycles. The number of hydrogen-bond donors (Lipinski definition) is 1. The van der Waals surface area contributed by atoms with E-state index >= 15 is 0 Å². The molecule has 4 rings (SSSR count). The molecule has 1 fully saturated rings. The minimum atomic E-state index is 0.00440. The van der Waals surface area contributed by atoms with Crippen molar-refractivity contribution in [1.82, 2.24) is 14.9 Å². The van der Waals surface area contributed by atoms with E-state index in [9.17, 15) is 4.79 Å². The lowest BCUT2D eigenvalue weighted by atomic mass is 10.1. The summed E-state index contributed by atoms with van der Waals surface area (Å²) in [4.78, 5) is 21.9. The molecule has 1 aliphatic heterocycles. The first-order chi connectivity index (χ1) is 13.2. The Morgan fingerprint density at radius 2 is 2.22 bits per heavy atom. The number of fused-ring (bicyclic) bond motifs is 1. The third-order valence-corrected chi connectivity index (χ3v) is 5.14. The topological polar surface area (TPSA) is 58.2 Å². The predicted molar refractivity (Wildman–Crippen MR) is 107 cm³/mol. The average Bonchev–Trinajstić information content (AvgIpc) is 2.68. The van der Waals surface area contributed by atoms with Gasteiger partial charge in [-0.05, 0) is 61.5 Å². The number of H-pyrrole nitrogens is 1. The second-order valence-electron chi connectivity index (χ2n) is 7.39. The summed E-state index contributed by atoms with van der Waals surface area (Å²) in [6.07, 6.45) is 5.96. The van der Waals surface area contributed by atoms with Crippen LogP contribution in [0.25, 0.3) is 10.9 Å². The number of pyridine rings is 2. The number of piperidine rings is 1. The van der Waals surface area contributed by atoms with Crippen molar-refractivity contribution in [2.24, 2.45) is 0 Å². The maximum atomic E-state index is 12.5. The molecule has 1 N–H and O–H groups in total. The maximum absolute atomic E-state index is 12.5. The smallest absolute Gasteiger partial charge is 0.252 e. The largest absolute Gasteiger partial charge is 0.372 e. The third-order valence-electron chi connectivity index (χ3n) is 5.14. The van der Waals surface area contributed by atoms with Crippen LogP contribution in [-0.2, 0) is 17.9 Å². The number of ether oxygens (including phenoxy) is 1. The Morgan fingerprint density at radius 1 is 1.30 bits per heavy atom. The molecule has 1 aliphatic rings. The Kier molecular flexibility index (Phi) is 5.32. The lowest BCUT2D eigenvalue weighted by Gasteiger charge is -2.32. The third kappa shape index (κ3) is 4.43. The normalized spacial score (nSPS) is 18.0. The second-order valence-corrected chi connectivity index (χ2v) is 7.39. The van der Waals surface area contributed by atoms with E-state index in [1.165, 1.54) is 5.56 Å². The standard InChI is InChI=1S/C22H25N3O2/c1-16-6-7-21-18(10-16)11-19(22(26)24-21)13-25-9-3-5-20(14-25)27-15-17-4-2-8-23-12-17/h2,4,6-8,10-12,20H,3,5,9,13-15H2,1H3,(H,24,26)/t20-/m1/s1. The highest BCUT2D eigenvalue weighted by molar-refractivity contribution is 5.79. The number of aryl methyl sites for hydroxylation is 1. The fourth-order valence-electron chi connectivity index (χ4n) is 3.72. The fraction of sp³-hybridized carbons (Fsp3) is 0.364. The molecular weight excluding hydrogens is 338 g/mol. The van der Waals surface area contributed by atoms with Crippen molar-refractivity contribution in [2.75, 3.05) is 13.1 Å². The van der Waals surface area contributed by atoms with Crippen molar-refractivity contribution in [3.63, 3.8) is 0 Å². The molecule has 0 bridgehead atoms. The highest BCUT2D eigenvalue weighted by atomic mass is 16.5. The molecule has 1 atom stereocenters. The molecule has 2 aromatic heterocycles. The van der Waals surface area contributed by atoms with Gasteiger partial charge in [0.2, 0.25) is 0 Å². The molecule has 1 aromatic carbocycles. The summed E-state index contributed by atoms with van der Waals surface area (Å²) in [6, 6.07) is 12.1. The zero-order valence-corrected chi connectivity index (χ0v) is 15.6. The van der Waals surface area contributed by atoms with Gasteiger partial charge < -0.3 is 9.72 Å². The van der Waals surface area contributed by atoms with Crippen LogP contribution >= 0.6 is 0 Å². The zero-order chi connectivity index (χ0) is 18.6. The number of rotatable bonds is 5. The van der Waals surface area contributed by atoms with E-state index in [0.29, 0.717) is 13.2 Å². The molecule has 3 aromatic rings. The van der Waals surface area contributed by atoms with Gasteiger partial charge >= 0.3 is 0 Å². The summed E-state index contributed by atoms with van der Waals surface area (Å²) in [5.74, 6) is 0. The summed E-state index contributed by atoms with van der Waals surface area (Å²) in [6.45, 7) is 5.16. The minimum absolute atomic E-state index is 0.00440. The lowest BCUT2D eigenvalue weighted by molar-refractivity contribution is -0.0122. The molecule has 140 valence electrons. The van der Waals surface area contributed by atoms with Crippen LogP contribution < -0.4 is 5.56 Å². The van der Waals surface area contributed by atoms with Gasteiger partial charge in [0.15, 0.2) is 0 Å². The number of nitrogens with zero attached hydrogens (tertiary/aromatic N) is 2. The van der Waals surface area contributed by atoms with Crippen molar-refractivity contribution in [3.8, 4) is 0 Å². The lowest BCUT2D eigenvalue weighted by Crippen LogP contribution is -2.40. The van der Waals surface area contributed by atoms with Crippen LogP contribution in [0.4, 0.5) is 0 Å². The second kappa shape index (κ2) is 8.03. The maximum Gasteiger partial charge on any atom is 0.252 e. The van der Waals surface area contributed by atoms with Crippen LogP contribution in [0.3, 0.4) is 0 Å². The Bertz CT molecular complexity index is 968. The summed E-state index contributed by atoms with van der Waals surface area (Å²) in [5.41, 5.74) is 4.01. The number of aromatic amines is 1. The van der Waals surface area contributed by atoms with Crippen LogP contribution in [-0.4, -0.2) is 34.1 Å². The molecule has 3 heterocycles. The van der Waals surface area contributed by atoms with E-state index in [2.05, 4.69) is 27.9 Å². The fourth-order valence-corrected chi connectivity index (χ4v) is 3.72. The van der Waals surface area contributed by atoms with E-state index in [0.717, 1.165) is 48.0 Å². The first kappa shape index (κ1) is 17.9. The molecule has 0 amide bonds. The first-order valence-corrected chi connectivity index (χ1v) is 9.53. The molecule has 0 radical (unpaired) electrons. The van der Waals surface area contributed by atoms with Gasteiger partial charge in [0, 0.05) is 36.6 Å². The van der Waals surface area contributed by atoms with Crippen molar-refractivity contribution in [3.05, 3.63) is 75.8 Å². The van der Waals surface area contributed by atoms with Gasteiger partial charge in [-0.3, -0.25) is 14.7 Å². The molecule has 1 saturated heterocycles. The highest BCUT2D eigenvalue weighted by Crippen LogP contribution is 2.18. The van der Waals surface area contributed by atoms with Crippen LogP contribution in [0.2, 0.25) is 0 Å². The van der Waals surface area contributed by atoms with E-state index in [1.54, 1.807) is 6.20 Å². The van der Waals surface area contributed by atoms with Crippen LogP contribution in [0.15, 0.2) is 53.6 Å². The molecular formula is C22H25N3O2. The van der Waals surface area contributed by atoms with Crippen LogP contribution in [0.1, 0.15) is 29.5 Å². The highest BCUT2D eigenvalue weighted by Gasteiger charge is 2.21. The van der Waals surface area contributed by atoms with Gasteiger partial charge in [0.25, 0.3) is 5.56 Å². The van der Waals surface area contributed by atoms with Gasteiger partial charge in [0.1, 0.15) is 0 Å². The number of likely N-dealkylation sites (tertiary alicyclic amines) is 1. The number of hydrogen-bond acceptors (Lipinski definition) is 4. The first-order valence-electron chi connectivity index (χ1n) is 9.53. The van der Waals surface area contributed by atoms with Crippen molar-refractivity contribution in [1.29, 1.82) is 0 Å². The summed E-state index contributed by atoms with van der Waals surface area (Å²) in [5, 5.41) is 1.09. The predicted octanol–water partition coefficient (Wildman–Crippen LogP) is 3.41.